The zero-order valence-corrected chi connectivity index (χ0v) is 10.6. The van der Waals surface area contributed by atoms with Crippen LogP contribution in [0.5, 0.6) is 0 Å². The molecule has 0 bridgehead atoms. The van der Waals surface area contributed by atoms with Crippen molar-refractivity contribution in [1.82, 2.24) is 19.9 Å². The van der Waals surface area contributed by atoms with E-state index in [0.717, 1.165) is 18.8 Å². The molecule has 0 aliphatic carbocycles. The molecule has 1 fully saturated rings. The Morgan fingerprint density at radius 1 is 1.50 bits per heavy atom. The molecule has 1 atom stereocenters. The molecule has 94 valence electrons. The molecule has 0 saturated carbocycles. The summed E-state index contributed by atoms with van der Waals surface area (Å²) in [7, 11) is 0. The summed E-state index contributed by atoms with van der Waals surface area (Å²) in [6, 6.07) is 4.54. The molecule has 1 N–H and O–H groups in total. The molecular formula is C14H18N4. The number of imidazole rings is 1. The summed E-state index contributed by atoms with van der Waals surface area (Å²) in [4.78, 5) is 8.74. The molecule has 3 rings (SSSR count). The average Bonchev–Trinajstić information content (AvgIpc) is 3.02. The summed E-state index contributed by atoms with van der Waals surface area (Å²) in [5, 5.41) is 3.52. The van der Waals surface area contributed by atoms with Crippen LogP contribution in [0.25, 0.3) is 0 Å². The molecule has 4 heteroatoms. The lowest BCUT2D eigenvalue weighted by molar-refractivity contribution is 0.580. The highest BCUT2D eigenvalue weighted by molar-refractivity contribution is 5.19. The highest BCUT2D eigenvalue weighted by Gasteiger charge is 2.19. The third kappa shape index (κ3) is 2.16. The Morgan fingerprint density at radius 2 is 2.44 bits per heavy atom. The van der Waals surface area contributed by atoms with E-state index in [1.54, 1.807) is 0 Å². The van der Waals surface area contributed by atoms with Crippen molar-refractivity contribution in [3.63, 3.8) is 0 Å². The first-order chi connectivity index (χ1) is 8.84. The number of rotatable bonds is 3. The van der Waals surface area contributed by atoms with E-state index in [1.165, 1.54) is 24.1 Å². The van der Waals surface area contributed by atoms with Gasteiger partial charge in [-0.25, -0.2) is 4.98 Å². The largest absolute Gasteiger partial charge is 0.327 e. The van der Waals surface area contributed by atoms with Crippen LogP contribution in [-0.4, -0.2) is 21.1 Å². The highest BCUT2D eigenvalue weighted by Crippen LogP contribution is 2.23. The second-order valence-electron chi connectivity index (χ2n) is 4.86. The van der Waals surface area contributed by atoms with E-state index in [0.29, 0.717) is 6.04 Å². The average molecular weight is 242 g/mol. The van der Waals surface area contributed by atoms with Crippen molar-refractivity contribution in [3.05, 3.63) is 47.8 Å². The van der Waals surface area contributed by atoms with Crippen LogP contribution >= 0.6 is 0 Å². The summed E-state index contributed by atoms with van der Waals surface area (Å²) in [5.41, 5.74) is 3.63. The van der Waals surface area contributed by atoms with Gasteiger partial charge in [0.1, 0.15) is 0 Å². The second kappa shape index (κ2) is 4.90. The fourth-order valence-corrected chi connectivity index (χ4v) is 2.54. The molecule has 0 aromatic carbocycles. The SMILES string of the molecule is Cc1cccnc1Cn1cncc1C1CCCN1. The quantitative estimate of drug-likeness (QED) is 0.896. The molecule has 0 spiro atoms. The van der Waals surface area contributed by atoms with Gasteiger partial charge in [0.25, 0.3) is 0 Å². The van der Waals surface area contributed by atoms with Crippen LogP contribution in [0.3, 0.4) is 0 Å². The van der Waals surface area contributed by atoms with Crippen molar-refractivity contribution < 1.29 is 0 Å². The fourth-order valence-electron chi connectivity index (χ4n) is 2.54. The molecule has 4 nitrogen and oxygen atoms in total. The summed E-state index contributed by atoms with van der Waals surface area (Å²) in [6.45, 7) is 4.02. The van der Waals surface area contributed by atoms with Crippen LogP contribution in [0.1, 0.15) is 35.8 Å². The van der Waals surface area contributed by atoms with Crippen molar-refractivity contribution in [1.29, 1.82) is 0 Å². The third-order valence-corrected chi connectivity index (χ3v) is 3.60. The number of aromatic nitrogens is 3. The Bertz CT molecular complexity index is 526. The first kappa shape index (κ1) is 11.4. The molecule has 2 aromatic rings. The standard InChI is InChI=1S/C14H18N4/c1-11-4-2-6-17-13(11)9-18-10-15-8-14(18)12-5-3-7-16-12/h2,4,6,8,10,12,16H,3,5,7,9H2,1H3. The maximum atomic E-state index is 4.45. The van der Waals surface area contributed by atoms with Crippen LogP contribution in [0.15, 0.2) is 30.9 Å². The van der Waals surface area contributed by atoms with Gasteiger partial charge in [0.15, 0.2) is 0 Å². The van der Waals surface area contributed by atoms with Crippen LogP contribution < -0.4 is 5.32 Å². The van der Waals surface area contributed by atoms with Gasteiger partial charge in [-0.05, 0) is 37.9 Å². The van der Waals surface area contributed by atoms with Crippen molar-refractivity contribution in [3.8, 4) is 0 Å². The molecule has 1 aliphatic rings. The Morgan fingerprint density at radius 3 is 3.22 bits per heavy atom. The molecule has 1 unspecified atom stereocenters. The number of pyridine rings is 1. The summed E-state index contributed by atoms with van der Waals surface area (Å²) in [6.07, 6.45) is 8.18. The van der Waals surface area contributed by atoms with Gasteiger partial charge in [-0.2, -0.15) is 0 Å². The lowest BCUT2D eigenvalue weighted by Crippen LogP contribution is -2.17. The lowest BCUT2D eigenvalue weighted by atomic mass is 10.1. The highest BCUT2D eigenvalue weighted by atomic mass is 15.1. The normalized spacial score (nSPS) is 19.3. The number of hydrogen-bond acceptors (Lipinski definition) is 3. The van der Waals surface area contributed by atoms with Crippen molar-refractivity contribution in [2.75, 3.05) is 6.54 Å². The van der Waals surface area contributed by atoms with Gasteiger partial charge in [0.05, 0.1) is 24.3 Å². The maximum absolute atomic E-state index is 4.45. The molecule has 2 aromatic heterocycles. The summed E-state index contributed by atoms with van der Waals surface area (Å²) >= 11 is 0. The Hall–Kier alpha value is -1.68. The van der Waals surface area contributed by atoms with Gasteiger partial charge < -0.3 is 9.88 Å². The maximum Gasteiger partial charge on any atom is 0.0952 e. The van der Waals surface area contributed by atoms with E-state index in [2.05, 4.69) is 32.8 Å². The minimum absolute atomic E-state index is 0.455. The number of hydrogen-bond donors (Lipinski definition) is 1. The third-order valence-electron chi connectivity index (χ3n) is 3.60. The number of nitrogens with one attached hydrogen (secondary N) is 1. The van der Waals surface area contributed by atoms with E-state index >= 15 is 0 Å². The van der Waals surface area contributed by atoms with E-state index in [4.69, 9.17) is 0 Å². The Labute approximate surface area is 107 Å². The van der Waals surface area contributed by atoms with E-state index in [1.807, 2.05) is 24.8 Å². The molecule has 1 saturated heterocycles. The van der Waals surface area contributed by atoms with Gasteiger partial charge >= 0.3 is 0 Å². The zero-order valence-electron chi connectivity index (χ0n) is 10.6. The topological polar surface area (TPSA) is 42.7 Å². The minimum Gasteiger partial charge on any atom is -0.327 e. The molecule has 0 amide bonds. The van der Waals surface area contributed by atoms with Gasteiger partial charge in [-0.15, -0.1) is 0 Å². The monoisotopic (exact) mass is 242 g/mol. The van der Waals surface area contributed by atoms with Crippen LogP contribution in [0, 0.1) is 6.92 Å². The van der Waals surface area contributed by atoms with Crippen LogP contribution in [-0.2, 0) is 6.54 Å². The van der Waals surface area contributed by atoms with Crippen LogP contribution in [0.2, 0.25) is 0 Å². The van der Waals surface area contributed by atoms with Gasteiger partial charge in [0, 0.05) is 18.4 Å². The Kier molecular flexibility index (Phi) is 3.11. The molecule has 18 heavy (non-hydrogen) atoms. The minimum atomic E-state index is 0.455. The number of aryl methyl sites for hydroxylation is 1. The van der Waals surface area contributed by atoms with E-state index in [-0.39, 0.29) is 0 Å². The first-order valence-electron chi connectivity index (χ1n) is 6.48. The molecule has 1 aliphatic heterocycles. The van der Waals surface area contributed by atoms with Crippen LogP contribution in [0.4, 0.5) is 0 Å². The second-order valence-corrected chi connectivity index (χ2v) is 4.86. The summed E-state index contributed by atoms with van der Waals surface area (Å²) < 4.78 is 2.21. The lowest BCUT2D eigenvalue weighted by Gasteiger charge is -2.14. The predicted octanol–water partition coefficient (Wildman–Crippen LogP) is 2.06. The predicted molar refractivity (Wildman–Crippen MR) is 70.3 cm³/mol. The molecule has 0 radical (unpaired) electrons. The van der Waals surface area contributed by atoms with E-state index in [9.17, 15) is 0 Å². The van der Waals surface area contributed by atoms with Crippen molar-refractivity contribution in [2.45, 2.75) is 32.4 Å². The Balaban J connectivity index is 1.85. The van der Waals surface area contributed by atoms with E-state index < -0.39 is 0 Å². The van der Waals surface area contributed by atoms with Crippen molar-refractivity contribution in [2.24, 2.45) is 0 Å². The van der Waals surface area contributed by atoms with Gasteiger partial charge in [-0.3, -0.25) is 4.98 Å². The van der Waals surface area contributed by atoms with Gasteiger partial charge in [0.2, 0.25) is 0 Å². The molecular weight excluding hydrogens is 224 g/mol. The number of nitrogens with zero attached hydrogens (tertiary/aromatic N) is 3. The van der Waals surface area contributed by atoms with Crippen molar-refractivity contribution >= 4 is 0 Å². The first-order valence-corrected chi connectivity index (χ1v) is 6.48. The smallest absolute Gasteiger partial charge is 0.0952 e. The van der Waals surface area contributed by atoms with Gasteiger partial charge in [-0.1, -0.05) is 6.07 Å². The molecule has 3 heterocycles. The fraction of sp³-hybridized carbons (Fsp3) is 0.429. The summed E-state index contributed by atoms with van der Waals surface area (Å²) in [5.74, 6) is 0. The zero-order chi connectivity index (χ0) is 12.4.